The molecule has 0 radical (unpaired) electrons. The van der Waals surface area contributed by atoms with E-state index in [0.717, 1.165) is 21.3 Å². The Hall–Kier alpha value is -2.08. The summed E-state index contributed by atoms with van der Waals surface area (Å²) in [7, 11) is 1.49. The van der Waals surface area contributed by atoms with Crippen LogP contribution in [0.25, 0.3) is 0 Å². The number of methoxy groups -OCH3 is 1. The first-order chi connectivity index (χ1) is 9.99. The van der Waals surface area contributed by atoms with Gasteiger partial charge in [0.15, 0.2) is 0 Å². The molecule has 0 spiro atoms. The van der Waals surface area contributed by atoms with E-state index in [4.69, 9.17) is 4.74 Å². The molecule has 110 valence electrons. The lowest BCUT2D eigenvalue weighted by molar-refractivity contribution is -0.385. The van der Waals surface area contributed by atoms with Crippen LogP contribution in [0.1, 0.15) is 11.1 Å². The Labute approximate surface area is 131 Å². The molecule has 0 aromatic heterocycles. The summed E-state index contributed by atoms with van der Waals surface area (Å²) >= 11 is 3.47. The first-order valence-corrected chi connectivity index (χ1v) is 7.11. The van der Waals surface area contributed by atoms with Gasteiger partial charge < -0.3 is 10.1 Å². The molecule has 0 aliphatic rings. The van der Waals surface area contributed by atoms with E-state index in [-0.39, 0.29) is 5.69 Å². The summed E-state index contributed by atoms with van der Waals surface area (Å²) in [5.74, 6) is 0.476. The molecule has 5 nitrogen and oxygen atoms in total. The zero-order valence-electron chi connectivity index (χ0n) is 11.7. The van der Waals surface area contributed by atoms with Crippen molar-refractivity contribution in [3.8, 4) is 5.75 Å². The number of nitrogens with zero attached hydrogens (tertiary/aromatic N) is 1. The molecular formula is C15H15BrN2O3. The van der Waals surface area contributed by atoms with Gasteiger partial charge in [-0.05, 0) is 52.2 Å². The minimum atomic E-state index is -0.422. The lowest BCUT2D eigenvalue weighted by Crippen LogP contribution is -2.02. The standard InChI is InChI=1S/C15H15BrN2O3/c1-10-3-4-14(16)15(5-10)17-9-11-6-12(18(19)20)8-13(7-11)21-2/h3-8,17H,9H2,1-2H3. The van der Waals surface area contributed by atoms with Gasteiger partial charge in [-0.1, -0.05) is 6.07 Å². The smallest absolute Gasteiger partial charge is 0.273 e. The van der Waals surface area contributed by atoms with Crippen LogP contribution >= 0.6 is 15.9 Å². The van der Waals surface area contributed by atoms with Gasteiger partial charge in [0.25, 0.3) is 5.69 Å². The fourth-order valence-electron chi connectivity index (χ4n) is 1.94. The minimum absolute atomic E-state index is 0.0226. The first-order valence-electron chi connectivity index (χ1n) is 6.32. The molecule has 0 saturated heterocycles. The number of hydrogen-bond acceptors (Lipinski definition) is 4. The van der Waals surface area contributed by atoms with Gasteiger partial charge in [0, 0.05) is 22.8 Å². The number of non-ortho nitro benzene ring substituents is 1. The quantitative estimate of drug-likeness (QED) is 0.645. The molecule has 0 fully saturated rings. The number of hydrogen-bond donors (Lipinski definition) is 1. The summed E-state index contributed by atoms with van der Waals surface area (Å²) in [4.78, 5) is 10.5. The van der Waals surface area contributed by atoms with Crippen LogP contribution in [-0.4, -0.2) is 12.0 Å². The van der Waals surface area contributed by atoms with Crippen LogP contribution in [-0.2, 0) is 6.54 Å². The number of benzene rings is 2. The molecule has 6 heteroatoms. The Morgan fingerprint density at radius 3 is 2.71 bits per heavy atom. The molecule has 0 unspecified atom stereocenters. The SMILES string of the molecule is COc1cc(CNc2cc(C)ccc2Br)cc([N+](=O)[O-])c1. The number of nitro benzene ring substituents is 1. The highest BCUT2D eigenvalue weighted by Crippen LogP contribution is 2.26. The van der Waals surface area contributed by atoms with Crippen LogP contribution in [0.4, 0.5) is 11.4 Å². The number of nitrogens with one attached hydrogen (secondary N) is 1. The summed E-state index contributed by atoms with van der Waals surface area (Å²) in [5.41, 5.74) is 2.89. The zero-order chi connectivity index (χ0) is 15.4. The third-order valence-corrected chi connectivity index (χ3v) is 3.69. The van der Waals surface area contributed by atoms with E-state index >= 15 is 0 Å². The van der Waals surface area contributed by atoms with Crippen molar-refractivity contribution in [1.82, 2.24) is 0 Å². The highest BCUT2D eigenvalue weighted by molar-refractivity contribution is 9.10. The topological polar surface area (TPSA) is 64.4 Å². The molecule has 2 aromatic carbocycles. The predicted octanol–water partition coefficient (Wildman–Crippen LogP) is 4.29. The maximum Gasteiger partial charge on any atom is 0.273 e. The largest absolute Gasteiger partial charge is 0.496 e. The second-order valence-electron chi connectivity index (χ2n) is 4.63. The van der Waals surface area contributed by atoms with Crippen molar-refractivity contribution in [2.24, 2.45) is 0 Å². The Kier molecular flexibility index (Phi) is 4.80. The molecule has 0 heterocycles. The molecule has 2 aromatic rings. The maximum atomic E-state index is 10.9. The maximum absolute atomic E-state index is 10.9. The Balaban J connectivity index is 2.21. The lowest BCUT2D eigenvalue weighted by atomic mass is 10.1. The van der Waals surface area contributed by atoms with Crippen molar-refractivity contribution in [1.29, 1.82) is 0 Å². The van der Waals surface area contributed by atoms with Gasteiger partial charge in [0.05, 0.1) is 18.1 Å². The third kappa shape index (κ3) is 3.95. The summed E-state index contributed by atoms with van der Waals surface area (Å²) in [6, 6.07) is 10.7. The molecular weight excluding hydrogens is 336 g/mol. The average molecular weight is 351 g/mol. The number of aryl methyl sites for hydroxylation is 1. The summed E-state index contributed by atoms with van der Waals surface area (Å²) in [6.07, 6.45) is 0. The highest BCUT2D eigenvalue weighted by atomic mass is 79.9. The van der Waals surface area contributed by atoms with E-state index in [2.05, 4.69) is 21.2 Å². The molecule has 0 saturated carbocycles. The molecule has 21 heavy (non-hydrogen) atoms. The van der Waals surface area contributed by atoms with Gasteiger partial charge in [0.2, 0.25) is 0 Å². The second kappa shape index (κ2) is 6.58. The molecule has 0 aliphatic carbocycles. The van der Waals surface area contributed by atoms with Crippen molar-refractivity contribution >= 4 is 27.3 Å². The monoisotopic (exact) mass is 350 g/mol. The third-order valence-electron chi connectivity index (χ3n) is 3.00. The van der Waals surface area contributed by atoms with Crippen molar-refractivity contribution < 1.29 is 9.66 Å². The van der Waals surface area contributed by atoms with E-state index in [1.165, 1.54) is 13.2 Å². The molecule has 0 bridgehead atoms. The minimum Gasteiger partial charge on any atom is -0.496 e. The van der Waals surface area contributed by atoms with Gasteiger partial charge in [-0.15, -0.1) is 0 Å². The van der Waals surface area contributed by atoms with Crippen LogP contribution in [0.5, 0.6) is 5.75 Å². The van der Waals surface area contributed by atoms with Gasteiger partial charge in [-0.25, -0.2) is 0 Å². The van der Waals surface area contributed by atoms with Crippen LogP contribution in [0.15, 0.2) is 40.9 Å². The fourth-order valence-corrected chi connectivity index (χ4v) is 2.33. The van der Waals surface area contributed by atoms with Crippen LogP contribution in [0.2, 0.25) is 0 Å². The van der Waals surface area contributed by atoms with E-state index in [9.17, 15) is 10.1 Å². The number of ether oxygens (including phenoxy) is 1. The predicted molar refractivity (Wildman–Crippen MR) is 85.9 cm³/mol. The molecule has 0 atom stereocenters. The second-order valence-corrected chi connectivity index (χ2v) is 5.49. The van der Waals surface area contributed by atoms with Crippen molar-refractivity contribution in [3.63, 3.8) is 0 Å². The van der Waals surface area contributed by atoms with Crippen LogP contribution in [0, 0.1) is 17.0 Å². The number of rotatable bonds is 5. The van der Waals surface area contributed by atoms with Crippen molar-refractivity contribution in [2.45, 2.75) is 13.5 Å². The Morgan fingerprint density at radius 2 is 2.05 bits per heavy atom. The fraction of sp³-hybridized carbons (Fsp3) is 0.200. The van der Waals surface area contributed by atoms with Crippen LogP contribution in [0.3, 0.4) is 0 Å². The summed E-state index contributed by atoms with van der Waals surface area (Å²) < 4.78 is 6.05. The van der Waals surface area contributed by atoms with Gasteiger partial charge in [-0.3, -0.25) is 10.1 Å². The Morgan fingerprint density at radius 1 is 1.29 bits per heavy atom. The molecule has 2 rings (SSSR count). The van der Waals surface area contributed by atoms with E-state index in [0.29, 0.717) is 12.3 Å². The number of nitro groups is 1. The highest BCUT2D eigenvalue weighted by Gasteiger charge is 2.10. The summed E-state index contributed by atoms with van der Waals surface area (Å²) in [6.45, 7) is 2.48. The first kappa shape index (κ1) is 15.3. The van der Waals surface area contributed by atoms with Crippen molar-refractivity contribution in [3.05, 3.63) is 62.1 Å². The normalized spacial score (nSPS) is 10.2. The number of halogens is 1. The van der Waals surface area contributed by atoms with Gasteiger partial charge in [0.1, 0.15) is 5.75 Å². The molecule has 0 aliphatic heterocycles. The summed E-state index contributed by atoms with van der Waals surface area (Å²) in [5, 5.41) is 14.2. The molecule has 0 amide bonds. The average Bonchev–Trinajstić information content (AvgIpc) is 2.47. The Bertz CT molecular complexity index is 674. The van der Waals surface area contributed by atoms with E-state index in [1.54, 1.807) is 12.1 Å². The lowest BCUT2D eigenvalue weighted by Gasteiger charge is -2.10. The zero-order valence-corrected chi connectivity index (χ0v) is 13.3. The van der Waals surface area contributed by atoms with Crippen molar-refractivity contribution in [2.75, 3.05) is 12.4 Å². The van der Waals surface area contributed by atoms with E-state index < -0.39 is 4.92 Å². The van der Waals surface area contributed by atoms with E-state index in [1.807, 2.05) is 25.1 Å². The van der Waals surface area contributed by atoms with Gasteiger partial charge in [-0.2, -0.15) is 0 Å². The van der Waals surface area contributed by atoms with Crippen LogP contribution < -0.4 is 10.1 Å². The molecule has 1 N–H and O–H groups in total. The number of anilines is 1. The van der Waals surface area contributed by atoms with Gasteiger partial charge >= 0.3 is 0 Å².